The Bertz CT molecular complexity index is 187. The summed E-state index contributed by atoms with van der Waals surface area (Å²) in [7, 11) is 3.80. The minimum atomic E-state index is 0.167. The summed E-state index contributed by atoms with van der Waals surface area (Å²) in [5.41, 5.74) is 0. The van der Waals surface area contributed by atoms with Crippen LogP contribution in [0.3, 0.4) is 0 Å². The summed E-state index contributed by atoms with van der Waals surface area (Å²) in [6.45, 7) is 7.30. The topological polar surface area (TPSA) is 49.4 Å². The number of Topliss-reactive ketones (excluding diaryl/α,β-unsaturated/α-hetero) is 1. The van der Waals surface area contributed by atoms with Gasteiger partial charge in [-0.05, 0) is 40.3 Å². The van der Waals surface area contributed by atoms with Crippen LogP contribution in [0.2, 0.25) is 0 Å². The van der Waals surface area contributed by atoms with Crippen molar-refractivity contribution < 1.29 is 9.59 Å². The molecular formula is C12H26N2O2. The first kappa shape index (κ1) is 17.5. The Morgan fingerprint density at radius 2 is 1.94 bits per heavy atom. The van der Waals surface area contributed by atoms with Gasteiger partial charge in [-0.1, -0.05) is 6.92 Å². The Balaban J connectivity index is 0. The Hall–Kier alpha value is -0.900. The summed E-state index contributed by atoms with van der Waals surface area (Å²) in [6, 6.07) is 0. The fraction of sp³-hybridized carbons (Fsp3) is 0.833. The molecule has 16 heavy (non-hydrogen) atoms. The molecule has 4 nitrogen and oxygen atoms in total. The maximum atomic E-state index is 10.5. The molecule has 0 spiro atoms. The average molecular weight is 230 g/mol. The second kappa shape index (κ2) is 12.2. The van der Waals surface area contributed by atoms with Gasteiger partial charge in [-0.3, -0.25) is 4.79 Å². The molecule has 1 rings (SSSR count). The van der Waals surface area contributed by atoms with E-state index in [9.17, 15) is 9.59 Å². The molecule has 0 unspecified atom stereocenters. The van der Waals surface area contributed by atoms with Gasteiger partial charge in [-0.15, -0.1) is 0 Å². The van der Waals surface area contributed by atoms with Gasteiger partial charge in [0.2, 0.25) is 5.91 Å². The van der Waals surface area contributed by atoms with Gasteiger partial charge in [0.05, 0.1) is 0 Å². The monoisotopic (exact) mass is 230 g/mol. The lowest BCUT2D eigenvalue weighted by atomic mass is 10.4. The molecular weight excluding hydrogens is 204 g/mol. The molecule has 1 aliphatic rings. The van der Waals surface area contributed by atoms with Crippen LogP contribution in [0, 0.1) is 0 Å². The third kappa shape index (κ3) is 15.6. The minimum Gasteiger partial charge on any atom is -0.346 e. The molecule has 0 aromatic carbocycles. The quantitative estimate of drug-likeness (QED) is 0.781. The van der Waals surface area contributed by atoms with E-state index < -0.39 is 0 Å². The van der Waals surface area contributed by atoms with E-state index >= 15 is 0 Å². The van der Waals surface area contributed by atoms with Gasteiger partial charge in [0.15, 0.2) is 0 Å². The molecule has 0 aromatic heterocycles. The maximum Gasteiger partial charge on any atom is 0.222 e. The second-order valence-electron chi connectivity index (χ2n) is 3.93. The fourth-order valence-electron chi connectivity index (χ4n) is 1.03. The smallest absolute Gasteiger partial charge is 0.222 e. The standard InChI is InChI=1S/C5H9NO.C4H11N.C3H6O/c1-6-4-2-3-5(6)7;1-3-4-5-2;1-3(2)4/h2-4H2,1H3;5H,3-4H2,1-2H3;1-2H3. The average Bonchev–Trinajstić information content (AvgIpc) is 2.52. The second-order valence-corrected chi connectivity index (χ2v) is 3.93. The number of hydrogen-bond acceptors (Lipinski definition) is 3. The Labute approximate surface area is 99.4 Å². The van der Waals surface area contributed by atoms with E-state index in [1.54, 1.807) is 4.90 Å². The molecule has 96 valence electrons. The molecule has 0 radical (unpaired) electrons. The summed E-state index contributed by atoms with van der Waals surface area (Å²) in [6.07, 6.45) is 3.04. The van der Waals surface area contributed by atoms with Gasteiger partial charge in [-0.25, -0.2) is 0 Å². The predicted molar refractivity (Wildman–Crippen MR) is 67.4 cm³/mol. The van der Waals surface area contributed by atoms with Gasteiger partial charge in [-0.2, -0.15) is 0 Å². The third-order valence-corrected chi connectivity index (χ3v) is 1.81. The van der Waals surface area contributed by atoms with E-state index in [0.29, 0.717) is 5.91 Å². The lowest BCUT2D eigenvalue weighted by molar-refractivity contribution is -0.126. The molecule has 0 atom stereocenters. The third-order valence-electron chi connectivity index (χ3n) is 1.81. The van der Waals surface area contributed by atoms with Crippen LogP contribution >= 0.6 is 0 Å². The van der Waals surface area contributed by atoms with Crippen LogP contribution < -0.4 is 5.32 Å². The van der Waals surface area contributed by atoms with Crippen LogP contribution in [-0.2, 0) is 9.59 Å². The summed E-state index contributed by atoms with van der Waals surface area (Å²) in [5.74, 6) is 0.458. The number of nitrogens with zero attached hydrogens (tertiary/aromatic N) is 1. The number of hydrogen-bond donors (Lipinski definition) is 1. The highest BCUT2D eigenvalue weighted by Gasteiger charge is 2.14. The summed E-state index contributed by atoms with van der Waals surface area (Å²) in [4.78, 5) is 21.7. The Kier molecular flexibility index (Phi) is 13.3. The number of ketones is 1. The van der Waals surface area contributed by atoms with Crippen molar-refractivity contribution in [3.63, 3.8) is 0 Å². The highest BCUT2D eigenvalue weighted by atomic mass is 16.2. The zero-order valence-electron chi connectivity index (χ0n) is 11.3. The van der Waals surface area contributed by atoms with Crippen LogP contribution in [0.1, 0.15) is 40.0 Å². The van der Waals surface area contributed by atoms with Crippen LogP contribution in [0.25, 0.3) is 0 Å². The number of nitrogens with one attached hydrogen (secondary N) is 1. The molecule has 1 fully saturated rings. The number of carbonyl (C=O) groups excluding carboxylic acids is 2. The van der Waals surface area contributed by atoms with Crippen LogP contribution in [0.15, 0.2) is 0 Å². The number of likely N-dealkylation sites (tertiary alicyclic amines) is 1. The number of carbonyl (C=O) groups is 2. The Morgan fingerprint density at radius 1 is 1.44 bits per heavy atom. The van der Waals surface area contributed by atoms with Crippen molar-refractivity contribution in [3.8, 4) is 0 Å². The molecule has 1 saturated heterocycles. The largest absolute Gasteiger partial charge is 0.346 e. The summed E-state index contributed by atoms with van der Waals surface area (Å²) < 4.78 is 0. The first-order chi connectivity index (χ1) is 7.45. The fourth-order valence-corrected chi connectivity index (χ4v) is 1.03. The molecule has 1 aliphatic heterocycles. The molecule has 1 N–H and O–H groups in total. The van der Waals surface area contributed by atoms with E-state index in [2.05, 4.69) is 12.2 Å². The van der Waals surface area contributed by atoms with Crippen LogP contribution in [0.4, 0.5) is 0 Å². The first-order valence-corrected chi connectivity index (χ1v) is 5.81. The molecule has 0 aliphatic carbocycles. The maximum absolute atomic E-state index is 10.5. The van der Waals surface area contributed by atoms with Gasteiger partial charge in [0, 0.05) is 20.0 Å². The minimum absolute atomic E-state index is 0.167. The number of amides is 1. The Morgan fingerprint density at radius 3 is 2.00 bits per heavy atom. The lowest BCUT2D eigenvalue weighted by Gasteiger charge is -2.03. The predicted octanol–water partition coefficient (Wildman–Crippen LogP) is 1.45. The highest BCUT2D eigenvalue weighted by Crippen LogP contribution is 2.04. The van der Waals surface area contributed by atoms with Crippen molar-refractivity contribution in [2.45, 2.75) is 40.0 Å². The van der Waals surface area contributed by atoms with Crippen molar-refractivity contribution >= 4 is 11.7 Å². The van der Waals surface area contributed by atoms with Gasteiger partial charge >= 0.3 is 0 Å². The van der Waals surface area contributed by atoms with Gasteiger partial charge in [0.25, 0.3) is 0 Å². The van der Waals surface area contributed by atoms with E-state index in [-0.39, 0.29) is 5.78 Å². The van der Waals surface area contributed by atoms with E-state index in [1.807, 2.05) is 14.1 Å². The zero-order valence-corrected chi connectivity index (χ0v) is 11.3. The molecule has 1 heterocycles. The van der Waals surface area contributed by atoms with Crippen molar-refractivity contribution in [2.75, 3.05) is 27.2 Å². The van der Waals surface area contributed by atoms with Crippen molar-refractivity contribution in [3.05, 3.63) is 0 Å². The van der Waals surface area contributed by atoms with Crippen molar-refractivity contribution in [1.29, 1.82) is 0 Å². The molecule has 0 bridgehead atoms. The molecule has 4 heteroatoms. The van der Waals surface area contributed by atoms with E-state index in [1.165, 1.54) is 20.3 Å². The van der Waals surface area contributed by atoms with Crippen molar-refractivity contribution in [1.82, 2.24) is 10.2 Å². The van der Waals surface area contributed by atoms with Crippen LogP contribution in [0.5, 0.6) is 0 Å². The molecule has 0 aromatic rings. The SMILES string of the molecule is CC(C)=O.CCCNC.CN1CCCC1=O. The molecule has 1 amide bonds. The zero-order chi connectivity index (χ0) is 13.0. The molecule has 0 saturated carbocycles. The van der Waals surface area contributed by atoms with E-state index in [0.717, 1.165) is 25.9 Å². The van der Waals surface area contributed by atoms with Gasteiger partial charge < -0.3 is 15.0 Å². The van der Waals surface area contributed by atoms with Crippen molar-refractivity contribution in [2.24, 2.45) is 0 Å². The van der Waals surface area contributed by atoms with Gasteiger partial charge in [0.1, 0.15) is 5.78 Å². The summed E-state index contributed by atoms with van der Waals surface area (Å²) >= 11 is 0. The van der Waals surface area contributed by atoms with E-state index in [4.69, 9.17) is 0 Å². The number of rotatable bonds is 2. The normalized spacial score (nSPS) is 13.6. The summed E-state index contributed by atoms with van der Waals surface area (Å²) in [5, 5.41) is 3.02. The highest BCUT2D eigenvalue weighted by molar-refractivity contribution is 5.77. The van der Waals surface area contributed by atoms with Crippen LogP contribution in [-0.4, -0.2) is 43.8 Å². The lowest BCUT2D eigenvalue weighted by Crippen LogP contribution is -2.17. The first-order valence-electron chi connectivity index (χ1n) is 5.81.